The maximum atomic E-state index is 10.8. The molecule has 0 spiro atoms. The third kappa shape index (κ3) is 7.22. The van der Waals surface area contributed by atoms with Crippen molar-refractivity contribution in [3.8, 4) is 28.5 Å². The molecule has 3 aromatic rings. The Morgan fingerprint density at radius 3 is 2.38 bits per heavy atom. The first-order chi connectivity index (χ1) is 16.4. The Morgan fingerprint density at radius 1 is 1.00 bits per heavy atom. The van der Waals surface area contributed by atoms with Crippen molar-refractivity contribution in [2.45, 2.75) is 39.9 Å². The number of benzene rings is 2. The van der Waals surface area contributed by atoms with Crippen LogP contribution in [0.3, 0.4) is 0 Å². The van der Waals surface area contributed by atoms with Gasteiger partial charge in [-0.15, -0.1) is 0 Å². The summed E-state index contributed by atoms with van der Waals surface area (Å²) >= 11 is 0. The fourth-order valence-corrected chi connectivity index (χ4v) is 3.33. The summed E-state index contributed by atoms with van der Waals surface area (Å²) in [6.45, 7) is 8.26. The van der Waals surface area contributed by atoms with Gasteiger partial charge >= 0.3 is 5.97 Å². The molecule has 1 aromatic heterocycles. The number of hydrogen-bond acceptors (Lipinski definition) is 6. The topological polar surface area (TPSA) is 87.1 Å². The molecule has 2 aromatic carbocycles. The van der Waals surface area contributed by atoms with Gasteiger partial charge in [0.25, 0.3) is 0 Å². The Morgan fingerprint density at radius 2 is 1.74 bits per heavy atom. The van der Waals surface area contributed by atoms with E-state index in [1.807, 2.05) is 76.2 Å². The Kier molecular flexibility index (Phi) is 8.87. The van der Waals surface area contributed by atoms with Crippen LogP contribution in [0, 0.1) is 6.92 Å². The van der Waals surface area contributed by atoms with E-state index < -0.39 is 18.7 Å². The SMILES string of the molecule is CCOC[C@@H](Oc1ccc(OCC(=O)O)c(C)c1)c1cccc(-c2ccc(OC(C)C)cc2)n1. The van der Waals surface area contributed by atoms with Gasteiger partial charge in [0.2, 0.25) is 0 Å². The molecular weight excluding hydrogens is 434 g/mol. The summed E-state index contributed by atoms with van der Waals surface area (Å²) in [5, 5.41) is 8.82. The molecule has 1 N–H and O–H groups in total. The fourth-order valence-electron chi connectivity index (χ4n) is 3.33. The molecule has 1 heterocycles. The number of nitrogens with zero attached hydrogens (tertiary/aromatic N) is 1. The van der Waals surface area contributed by atoms with Crippen LogP contribution in [-0.2, 0) is 9.53 Å². The van der Waals surface area contributed by atoms with Crippen LogP contribution in [-0.4, -0.2) is 42.0 Å². The van der Waals surface area contributed by atoms with Crippen LogP contribution < -0.4 is 14.2 Å². The van der Waals surface area contributed by atoms with Gasteiger partial charge in [0.1, 0.15) is 17.2 Å². The Labute approximate surface area is 200 Å². The number of carboxylic acids is 1. The molecular formula is C27H31NO6. The number of carboxylic acid groups (broad SMARTS) is 1. The van der Waals surface area contributed by atoms with Crippen LogP contribution in [0.5, 0.6) is 17.2 Å². The van der Waals surface area contributed by atoms with E-state index in [4.69, 9.17) is 29.0 Å². The van der Waals surface area contributed by atoms with Crippen molar-refractivity contribution < 1.29 is 28.8 Å². The van der Waals surface area contributed by atoms with Crippen LogP contribution in [0.25, 0.3) is 11.3 Å². The number of carbonyl (C=O) groups is 1. The Hall–Kier alpha value is -3.58. The summed E-state index contributed by atoms with van der Waals surface area (Å²) in [5.74, 6) is 0.913. The molecule has 0 aliphatic carbocycles. The number of aliphatic carboxylic acids is 1. The molecule has 7 nitrogen and oxygen atoms in total. The number of aromatic nitrogens is 1. The molecule has 0 bridgehead atoms. The number of hydrogen-bond donors (Lipinski definition) is 1. The molecule has 0 aliphatic rings. The maximum Gasteiger partial charge on any atom is 0.341 e. The molecule has 0 aliphatic heterocycles. The van der Waals surface area contributed by atoms with Crippen molar-refractivity contribution in [3.05, 3.63) is 71.9 Å². The van der Waals surface area contributed by atoms with Gasteiger partial charge in [-0.05, 0) is 87.9 Å². The first-order valence-electron chi connectivity index (χ1n) is 11.3. The maximum absolute atomic E-state index is 10.8. The number of ether oxygens (including phenoxy) is 4. The lowest BCUT2D eigenvalue weighted by molar-refractivity contribution is -0.139. The summed E-state index contributed by atoms with van der Waals surface area (Å²) in [5.41, 5.74) is 3.33. The molecule has 0 saturated heterocycles. The quantitative estimate of drug-likeness (QED) is 0.380. The zero-order valence-electron chi connectivity index (χ0n) is 20.0. The molecule has 0 unspecified atom stereocenters. The second-order valence-corrected chi connectivity index (χ2v) is 8.01. The molecule has 0 fully saturated rings. The Balaban J connectivity index is 1.80. The van der Waals surface area contributed by atoms with Gasteiger partial charge in [-0.1, -0.05) is 6.07 Å². The van der Waals surface area contributed by atoms with E-state index in [0.717, 1.165) is 28.3 Å². The molecule has 1 atom stereocenters. The lowest BCUT2D eigenvalue weighted by Crippen LogP contribution is -2.16. The molecule has 0 amide bonds. The van der Waals surface area contributed by atoms with Crippen LogP contribution >= 0.6 is 0 Å². The fraction of sp³-hybridized carbons (Fsp3) is 0.333. The summed E-state index contributed by atoms with van der Waals surface area (Å²) in [6.07, 6.45) is -0.307. The normalized spacial score (nSPS) is 11.8. The second kappa shape index (κ2) is 12.0. The van der Waals surface area contributed by atoms with Crippen molar-refractivity contribution in [3.63, 3.8) is 0 Å². The monoisotopic (exact) mass is 465 g/mol. The smallest absolute Gasteiger partial charge is 0.341 e. The van der Waals surface area contributed by atoms with Crippen molar-refractivity contribution in [2.24, 2.45) is 0 Å². The minimum atomic E-state index is -1.02. The van der Waals surface area contributed by atoms with E-state index in [2.05, 4.69) is 0 Å². The zero-order valence-corrected chi connectivity index (χ0v) is 20.0. The highest BCUT2D eigenvalue weighted by Crippen LogP contribution is 2.29. The summed E-state index contributed by atoms with van der Waals surface area (Å²) in [7, 11) is 0. The van der Waals surface area contributed by atoms with E-state index >= 15 is 0 Å². The molecule has 0 radical (unpaired) electrons. The van der Waals surface area contributed by atoms with Gasteiger partial charge < -0.3 is 24.1 Å². The molecule has 0 saturated carbocycles. The predicted molar refractivity (Wildman–Crippen MR) is 130 cm³/mol. The Bertz CT molecular complexity index is 1080. The highest BCUT2D eigenvalue weighted by Gasteiger charge is 2.17. The minimum Gasteiger partial charge on any atom is -0.491 e. The zero-order chi connectivity index (χ0) is 24.5. The van der Waals surface area contributed by atoms with E-state index in [1.54, 1.807) is 12.1 Å². The van der Waals surface area contributed by atoms with Crippen LogP contribution in [0.2, 0.25) is 0 Å². The number of pyridine rings is 1. The van der Waals surface area contributed by atoms with Gasteiger partial charge in [-0.2, -0.15) is 0 Å². The minimum absolute atomic E-state index is 0.116. The highest BCUT2D eigenvalue weighted by atomic mass is 16.5. The van der Waals surface area contributed by atoms with Gasteiger partial charge in [-0.25, -0.2) is 9.78 Å². The third-order valence-corrected chi connectivity index (χ3v) is 4.87. The van der Waals surface area contributed by atoms with Crippen molar-refractivity contribution in [2.75, 3.05) is 19.8 Å². The predicted octanol–water partition coefficient (Wildman–Crippen LogP) is 5.46. The van der Waals surface area contributed by atoms with Crippen LogP contribution in [0.15, 0.2) is 60.7 Å². The lowest BCUT2D eigenvalue weighted by Gasteiger charge is -2.20. The lowest BCUT2D eigenvalue weighted by atomic mass is 10.1. The van der Waals surface area contributed by atoms with E-state index in [1.165, 1.54) is 0 Å². The van der Waals surface area contributed by atoms with Gasteiger partial charge in [0.05, 0.1) is 24.1 Å². The van der Waals surface area contributed by atoms with Gasteiger partial charge in [0, 0.05) is 12.2 Å². The summed E-state index contributed by atoms with van der Waals surface area (Å²) < 4.78 is 22.9. The van der Waals surface area contributed by atoms with Gasteiger partial charge in [-0.3, -0.25) is 0 Å². The van der Waals surface area contributed by atoms with Crippen molar-refractivity contribution >= 4 is 5.97 Å². The number of aryl methyl sites for hydroxylation is 1. The first kappa shape index (κ1) is 25.1. The van der Waals surface area contributed by atoms with E-state index in [-0.39, 0.29) is 6.10 Å². The average molecular weight is 466 g/mol. The highest BCUT2D eigenvalue weighted by molar-refractivity contribution is 5.68. The standard InChI is InChI=1S/C27H31NO6/c1-5-31-16-26(34-22-13-14-25(19(4)15-22)32-17-27(29)30)24-8-6-7-23(28-24)20-9-11-21(12-10-20)33-18(2)3/h6-15,18,26H,5,16-17H2,1-4H3,(H,29,30)/t26-/m1/s1. The van der Waals surface area contributed by atoms with Crippen LogP contribution in [0.1, 0.15) is 38.1 Å². The van der Waals surface area contributed by atoms with E-state index in [9.17, 15) is 4.79 Å². The molecule has 7 heteroatoms. The van der Waals surface area contributed by atoms with Crippen molar-refractivity contribution in [1.29, 1.82) is 0 Å². The summed E-state index contributed by atoms with van der Waals surface area (Å²) in [6, 6.07) is 18.9. The van der Waals surface area contributed by atoms with Gasteiger partial charge in [0.15, 0.2) is 12.7 Å². The largest absolute Gasteiger partial charge is 0.491 e. The van der Waals surface area contributed by atoms with Crippen molar-refractivity contribution in [1.82, 2.24) is 4.98 Å². The van der Waals surface area contributed by atoms with E-state index in [0.29, 0.717) is 24.7 Å². The number of rotatable bonds is 12. The third-order valence-electron chi connectivity index (χ3n) is 4.87. The average Bonchev–Trinajstić information content (AvgIpc) is 2.81. The summed E-state index contributed by atoms with van der Waals surface area (Å²) in [4.78, 5) is 15.6. The van der Waals surface area contributed by atoms with Crippen LogP contribution in [0.4, 0.5) is 0 Å². The molecule has 34 heavy (non-hydrogen) atoms. The molecule has 180 valence electrons. The second-order valence-electron chi connectivity index (χ2n) is 8.01. The first-order valence-corrected chi connectivity index (χ1v) is 11.3. The molecule has 3 rings (SSSR count).